The lowest BCUT2D eigenvalue weighted by Crippen LogP contribution is -2.34. The predicted octanol–water partition coefficient (Wildman–Crippen LogP) is 4.60. The molecule has 0 aliphatic rings. The lowest BCUT2D eigenvalue weighted by atomic mass is 10.1. The molecule has 4 aromatic rings. The van der Waals surface area contributed by atoms with Crippen molar-refractivity contribution in [2.24, 2.45) is 5.10 Å². The molecule has 8 heteroatoms. The average molecular weight is 496 g/mol. The Labute approximate surface area is 216 Å². The molecule has 3 aromatic carbocycles. The maximum absolute atomic E-state index is 12.4. The van der Waals surface area contributed by atoms with Gasteiger partial charge >= 0.3 is 0 Å². The molecule has 1 heterocycles. The zero-order chi connectivity index (χ0) is 25.9. The Kier molecular flexibility index (Phi) is 8.80. The topological polar surface area (TPSA) is 97.6 Å². The van der Waals surface area contributed by atoms with Gasteiger partial charge in [-0.3, -0.25) is 9.59 Å². The number of hydrogen-bond donors (Lipinski definition) is 2. The predicted molar refractivity (Wildman–Crippen MR) is 144 cm³/mol. The molecular weight excluding hydrogens is 466 g/mol. The van der Waals surface area contributed by atoms with Gasteiger partial charge in [-0.15, -0.1) is 0 Å². The third-order valence-electron chi connectivity index (χ3n) is 5.50. The number of rotatable bonds is 11. The second-order valence-corrected chi connectivity index (χ2v) is 8.28. The molecule has 0 aliphatic carbocycles. The summed E-state index contributed by atoms with van der Waals surface area (Å²) in [6.07, 6.45) is 5.43. The van der Waals surface area contributed by atoms with Gasteiger partial charge in [0.1, 0.15) is 11.4 Å². The molecule has 0 fully saturated rings. The number of nitrogens with one attached hydrogen (secondary N) is 2. The van der Waals surface area contributed by atoms with Crippen LogP contribution in [0.2, 0.25) is 0 Å². The third-order valence-corrected chi connectivity index (χ3v) is 5.50. The van der Waals surface area contributed by atoms with Crippen molar-refractivity contribution in [3.8, 4) is 22.7 Å². The molecule has 0 unspecified atom stereocenters. The monoisotopic (exact) mass is 495 g/mol. The van der Waals surface area contributed by atoms with E-state index in [0.717, 1.165) is 35.3 Å². The number of benzene rings is 3. The first kappa shape index (κ1) is 25.4. The van der Waals surface area contributed by atoms with Gasteiger partial charge in [-0.25, -0.2) is 10.1 Å². The van der Waals surface area contributed by atoms with Crippen molar-refractivity contribution in [3.05, 3.63) is 102 Å². The van der Waals surface area contributed by atoms with Crippen molar-refractivity contribution in [1.29, 1.82) is 0 Å². The molecule has 0 aliphatic heterocycles. The van der Waals surface area contributed by atoms with Crippen LogP contribution in [0.4, 0.5) is 0 Å². The van der Waals surface area contributed by atoms with Gasteiger partial charge in [0.05, 0.1) is 25.1 Å². The van der Waals surface area contributed by atoms with Crippen LogP contribution in [0.15, 0.2) is 96.2 Å². The molecule has 1 aromatic heterocycles. The summed E-state index contributed by atoms with van der Waals surface area (Å²) in [6, 6.07) is 26.3. The molecule has 188 valence electrons. The number of carbonyl (C=O) groups is 2. The summed E-state index contributed by atoms with van der Waals surface area (Å²) in [5, 5.41) is 11.4. The highest BCUT2D eigenvalue weighted by Gasteiger charge is 2.12. The van der Waals surface area contributed by atoms with Gasteiger partial charge in [-0.05, 0) is 42.8 Å². The fourth-order valence-corrected chi connectivity index (χ4v) is 3.53. The van der Waals surface area contributed by atoms with Gasteiger partial charge in [0.25, 0.3) is 11.8 Å². The summed E-state index contributed by atoms with van der Waals surface area (Å²) in [6.45, 7) is 2.53. The van der Waals surface area contributed by atoms with Crippen LogP contribution >= 0.6 is 0 Å². The van der Waals surface area contributed by atoms with Gasteiger partial charge in [0, 0.05) is 22.9 Å². The van der Waals surface area contributed by atoms with Crippen molar-refractivity contribution < 1.29 is 14.3 Å². The first-order valence-electron chi connectivity index (χ1n) is 12.2. The van der Waals surface area contributed by atoms with E-state index < -0.39 is 5.91 Å². The molecule has 4 rings (SSSR count). The van der Waals surface area contributed by atoms with Gasteiger partial charge in [0.15, 0.2) is 0 Å². The van der Waals surface area contributed by atoms with E-state index in [1.165, 1.54) is 0 Å². The molecule has 0 saturated heterocycles. The number of unbranched alkanes of at least 4 members (excludes halogenated alkanes) is 1. The van der Waals surface area contributed by atoms with Gasteiger partial charge < -0.3 is 10.1 Å². The molecule has 0 saturated carbocycles. The minimum absolute atomic E-state index is 0.209. The van der Waals surface area contributed by atoms with E-state index in [-0.39, 0.29) is 12.5 Å². The Bertz CT molecular complexity index is 1330. The zero-order valence-electron chi connectivity index (χ0n) is 20.6. The van der Waals surface area contributed by atoms with Crippen LogP contribution in [0.25, 0.3) is 16.9 Å². The molecule has 2 N–H and O–H groups in total. The summed E-state index contributed by atoms with van der Waals surface area (Å²) in [5.74, 6) is -0.0851. The summed E-state index contributed by atoms with van der Waals surface area (Å²) in [7, 11) is 0. The standard InChI is InChI=1S/C29H29N5O3/c1-2-3-18-37-26-16-14-23(15-17-26)29(36)30-20-27(35)32-31-19-24-21-34(25-12-8-5-9-13-25)33-28(24)22-10-6-4-7-11-22/h4-17,19,21H,2-3,18,20H2,1H3,(H,30,36)(H,32,35). The van der Waals surface area contributed by atoms with E-state index in [9.17, 15) is 9.59 Å². The first-order valence-corrected chi connectivity index (χ1v) is 12.2. The highest BCUT2D eigenvalue weighted by atomic mass is 16.5. The van der Waals surface area contributed by atoms with Crippen LogP contribution in [-0.4, -0.2) is 41.0 Å². The van der Waals surface area contributed by atoms with Crippen molar-refractivity contribution >= 4 is 18.0 Å². The fourth-order valence-electron chi connectivity index (χ4n) is 3.53. The van der Waals surface area contributed by atoms with E-state index in [1.54, 1.807) is 35.2 Å². The number of hydrogen-bond acceptors (Lipinski definition) is 5. The molecule has 37 heavy (non-hydrogen) atoms. The second-order valence-electron chi connectivity index (χ2n) is 8.28. The molecule has 0 radical (unpaired) electrons. The lowest BCUT2D eigenvalue weighted by molar-refractivity contribution is -0.120. The Morgan fingerprint density at radius 1 is 0.973 bits per heavy atom. The molecule has 0 spiro atoms. The number of hydrazone groups is 1. The van der Waals surface area contributed by atoms with E-state index in [2.05, 4.69) is 22.8 Å². The third kappa shape index (κ3) is 7.14. The molecule has 8 nitrogen and oxygen atoms in total. The lowest BCUT2D eigenvalue weighted by Gasteiger charge is -2.07. The van der Waals surface area contributed by atoms with E-state index in [0.29, 0.717) is 17.9 Å². The molecule has 2 amide bonds. The number of para-hydroxylation sites is 1. The van der Waals surface area contributed by atoms with E-state index in [1.807, 2.05) is 66.9 Å². The Balaban J connectivity index is 1.35. The Morgan fingerprint density at radius 2 is 1.68 bits per heavy atom. The SMILES string of the molecule is CCCCOc1ccc(C(=O)NCC(=O)NN=Cc2cn(-c3ccccc3)nc2-c2ccccc2)cc1. The maximum Gasteiger partial charge on any atom is 0.259 e. The average Bonchev–Trinajstić information content (AvgIpc) is 3.37. The number of ether oxygens (including phenoxy) is 1. The Hall–Kier alpha value is -4.72. The normalized spacial score (nSPS) is 10.8. The van der Waals surface area contributed by atoms with Gasteiger partial charge in [-0.2, -0.15) is 10.2 Å². The van der Waals surface area contributed by atoms with Crippen molar-refractivity contribution in [2.45, 2.75) is 19.8 Å². The molecular formula is C29H29N5O3. The van der Waals surface area contributed by atoms with Crippen LogP contribution in [-0.2, 0) is 4.79 Å². The fraction of sp³-hybridized carbons (Fsp3) is 0.172. The van der Waals surface area contributed by atoms with Crippen molar-refractivity contribution in [1.82, 2.24) is 20.5 Å². The smallest absolute Gasteiger partial charge is 0.259 e. The van der Waals surface area contributed by atoms with Crippen LogP contribution in [0.3, 0.4) is 0 Å². The molecule has 0 bridgehead atoms. The second kappa shape index (κ2) is 12.8. The quantitative estimate of drug-likeness (QED) is 0.181. The summed E-state index contributed by atoms with van der Waals surface area (Å²) >= 11 is 0. The minimum atomic E-state index is -0.444. The zero-order valence-corrected chi connectivity index (χ0v) is 20.6. The number of carbonyl (C=O) groups excluding carboxylic acids is 2. The number of amides is 2. The highest BCUT2D eigenvalue weighted by molar-refractivity contribution is 5.96. The van der Waals surface area contributed by atoms with Crippen LogP contribution < -0.4 is 15.5 Å². The number of nitrogens with zero attached hydrogens (tertiary/aromatic N) is 3. The summed E-state index contributed by atoms with van der Waals surface area (Å²) < 4.78 is 7.38. The Morgan fingerprint density at radius 3 is 2.38 bits per heavy atom. The van der Waals surface area contributed by atoms with Crippen LogP contribution in [0.1, 0.15) is 35.7 Å². The van der Waals surface area contributed by atoms with Crippen LogP contribution in [0.5, 0.6) is 5.75 Å². The first-order chi connectivity index (χ1) is 18.1. The van der Waals surface area contributed by atoms with Crippen LogP contribution in [0, 0.1) is 0 Å². The van der Waals surface area contributed by atoms with Crippen molar-refractivity contribution in [3.63, 3.8) is 0 Å². The molecule has 0 atom stereocenters. The maximum atomic E-state index is 12.4. The van der Waals surface area contributed by atoms with Crippen molar-refractivity contribution in [2.75, 3.05) is 13.2 Å². The number of aromatic nitrogens is 2. The highest BCUT2D eigenvalue weighted by Crippen LogP contribution is 2.22. The van der Waals surface area contributed by atoms with Gasteiger partial charge in [0.2, 0.25) is 0 Å². The van der Waals surface area contributed by atoms with E-state index >= 15 is 0 Å². The minimum Gasteiger partial charge on any atom is -0.494 e. The van der Waals surface area contributed by atoms with Gasteiger partial charge in [-0.1, -0.05) is 61.9 Å². The summed E-state index contributed by atoms with van der Waals surface area (Å²) in [4.78, 5) is 24.6. The van der Waals surface area contributed by atoms with E-state index in [4.69, 9.17) is 9.84 Å². The summed E-state index contributed by atoms with van der Waals surface area (Å²) in [5.41, 5.74) is 6.22. The largest absolute Gasteiger partial charge is 0.494 e.